The van der Waals surface area contributed by atoms with Crippen molar-refractivity contribution in [2.75, 3.05) is 0 Å². The van der Waals surface area contributed by atoms with Crippen molar-refractivity contribution in [2.45, 2.75) is 6.92 Å². The molecule has 0 fully saturated rings. The van der Waals surface area contributed by atoms with Crippen LogP contribution in [-0.4, -0.2) is 17.1 Å². The predicted octanol–water partition coefficient (Wildman–Crippen LogP) is 1.56. The number of nitrogens with two attached hydrogens (primary N) is 1. The third-order valence-electron chi connectivity index (χ3n) is 3.70. The summed E-state index contributed by atoms with van der Waals surface area (Å²) < 4.78 is 4.33. The van der Waals surface area contributed by atoms with Crippen molar-refractivity contribution >= 4 is 18.2 Å². The first-order valence-corrected chi connectivity index (χ1v) is 7.27. The first-order chi connectivity index (χ1) is 11.2. The Morgan fingerprint density at radius 1 is 1.13 bits per heavy atom. The summed E-state index contributed by atoms with van der Waals surface area (Å²) in [4.78, 5) is 0. The molecule has 0 unspecified atom stereocenters. The van der Waals surface area contributed by atoms with E-state index in [9.17, 15) is 0 Å². The molecule has 6 nitrogen and oxygen atoms in total. The van der Waals surface area contributed by atoms with Gasteiger partial charge in [0.15, 0.2) is 5.69 Å². The van der Waals surface area contributed by atoms with Gasteiger partial charge < -0.3 is 5.84 Å². The van der Waals surface area contributed by atoms with Crippen LogP contribution in [0.15, 0.2) is 59.0 Å². The first kappa shape index (κ1) is 14.8. The van der Waals surface area contributed by atoms with E-state index in [-0.39, 0.29) is 0 Å². The molecular weight excluding hydrogens is 288 g/mol. The molecule has 0 aliphatic heterocycles. The lowest BCUT2D eigenvalue weighted by molar-refractivity contribution is -0.510. The number of hydrazone groups is 2. The number of benzene rings is 1. The Bertz CT molecular complexity index is 874. The molecule has 0 atom stereocenters. The fourth-order valence-electron chi connectivity index (χ4n) is 2.54. The fraction of sp³-hybridized carbons (Fsp3) is 0.118. The number of nitrogens with one attached hydrogen (secondary N) is 1. The van der Waals surface area contributed by atoms with Crippen molar-refractivity contribution in [1.82, 2.24) is 9.99 Å². The average molecular weight is 307 g/mol. The van der Waals surface area contributed by atoms with E-state index in [1.54, 1.807) is 6.21 Å². The van der Waals surface area contributed by atoms with Crippen molar-refractivity contribution in [3.05, 3.63) is 59.9 Å². The van der Waals surface area contributed by atoms with Crippen molar-refractivity contribution in [3.8, 4) is 11.3 Å². The van der Waals surface area contributed by atoms with Gasteiger partial charge in [0.1, 0.15) is 12.5 Å². The number of aromatic nitrogens is 2. The van der Waals surface area contributed by atoms with Crippen LogP contribution in [0.4, 0.5) is 0 Å². The van der Waals surface area contributed by atoms with Crippen LogP contribution in [0.25, 0.3) is 16.9 Å². The van der Waals surface area contributed by atoms with Crippen molar-refractivity contribution in [3.63, 3.8) is 0 Å². The molecule has 0 radical (unpaired) electrons. The standard InChI is InChI=1S/C17H19N6/c1-13-3-8-17-22(2)16(11-23(17)10-13)15-6-4-14(5-7-15)9-20-21-12-19-18/h3-12H,18H2,1-2H3,(H,19,21)/q+1/b20-9-. The summed E-state index contributed by atoms with van der Waals surface area (Å²) in [7, 11) is 2.07. The normalized spacial score (nSPS) is 11.7. The summed E-state index contributed by atoms with van der Waals surface area (Å²) in [6.45, 7) is 2.09. The van der Waals surface area contributed by atoms with Gasteiger partial charge in [-0.1, -0.05) is 12.1 Å². The molecule has 3 N–H and O–H groups in total. The quantitative estimate of drug-likeness (QED) is 0.252. The van der Waals surface area contributed by atoms with Gasteiger partial charge in [-0.3, -0.25) is 5.43 Å². The number of hydrogen-bond donors (Lipinski definition) is 2. The number of hydrogen-bond acceptors (Lipinski definition) is 3. The predicted molar refractivity (Wildman–Crippen MR) is 92.2 cm³/mol. The van der Waals surface area contributed by atoms with Crippen LogP contribution in [0.3, 0.4) is 0 Å². The summed E-state index contributed by atoms with van der Waals surface area (Å²) in [5.74, 6) is 4.98. The molecule has 1 aromatic carbocycles. The maximum absolute atomic E-state index is 4.98. The van der Waals surface area contributed by atoms with Crippen LogP contribution in [0.5, 0.6) is 0 Å². The van der Waals surface area contributed by atoms with Crippen molar-refractivity contribution in [1.29, 1.82) is 0 Å². The lowest BCUT2D eigenvalue weighted by Gasteiger charge is -1.98. The topological polar surface area (TPSA) is 71.8 Å². The number of nitrogens with zero attached hydrogens (tertiary/aromatic N) is 4. The summed E-state index contributed by atoms with van der Waals surface area (Å²) in [5.41, 5.74) is 8.31. The van der Waals surface area contributed by atoms with Gasteiger partial charge in [-0.25, -0.2) is 8.97 Å². The molecular formula is C17H19N6+. The second kappa shape index (κ2) is 6.31. The lowest BCUT2D eigenvalue weighted by Crippen LogP contribution is -2.18. The SMILES string of the molecule is Cc1ccc2n(C)c(-c3ccc(/C=N\NC=NN)cc3)c[n+]2c1. The minimum atomic E-state index is 0.994. The molecule has 0 saturated carbocycles. The summed E-state index contributed by atoms with van der Waals surface area (Å²) in [5, 5.41) is 7.28. The van der Waals surface area contributed by atoms with Gasteiger partial charge in [-0.2, -0.15) is 10.2 Å². The number of pyridine rings is 1. The second-order valence-corrected chi connectivity index (χ2v) is 5.33. The Morgan fingerprint density at radius 3 is 2.65 bits per heavy atom. The Hall–Kier alpha value is -3.15. The van der Waals surface area contributed by atoms with E-state index in [4.69, 9.17) is 5.84 Å². The van der Waals surface area contributed by atoms with E-state index in [1.165, 1.54) is 11.9 Å². The maximum Gasteiger partial charge on any atom is 0.286 e. The Balaban J connectivity index is 1.90. The fourth-order valence-corrected chi connectivity index (χ4v) is 2.54. The lowest BCUT2D eigenvalue weighted by atomic mass is 10.1. The Kier molecular flexibility index (Phi) is 4.05. The van der Waals surface area contributed by atoms with Gasteiger partial charge in [0.2, 0.25) is 0 Å². The molecule has 0 aliphatic rings. The second-order valence-electron chi connectivity index (χ2n) is 5.33. The number of rotatable bonds is 4. The largest absolute Gasteiger partial charge is 0.322 e. The summed E-state index contributed by atoms with van der Waals surface area (Å²) in [6.07, 6.45) is 7.31. The molecule has 116 valence electrons. The monoisotopic (exact) mass is 307 g/mol. The van der Waals surface area contributed by atoms with E-state index in [0.717, 1.165) is 22.5 Å². The van der Waals surface area contributed by atoms with Crippen LogP contribution in [-0.2, 0) is 7.05 Å². The highest BCUT2D eigenvalue weighted by atomic mass is 15.3. The highest BCUT2D eigenvalue weighted by Gasteiger charge is 2.15. The Morgan fingerprint density at radius 2 is 1.91 bits per heavy atom. The molecule has 0 amide bonds. The smallest absolute Gasteiger partial charge is 0.286 e. The molecule has 0 aliphatic carbocycles. The molecule has 6 heteroatoms. The van der Waals surface area contributed by atoms with Gasteiger partial charge in [0.05, 0.1) is 19.5 Å². The third-order valence-corrected chi connectivity index (χ3v) is 3.70. The van der Waals surface area contributed by atoms with Gasteiger partial charge >= 0.3 is 0 Å². The number of fused-ring (bicyclic) bond motifs is 1. The van der Waals surface area contributed by atoms with E-state index in [2.05, 4.69) is 75.2 Å². The van der Waals surface area contributed by atoms with Crippen LogP contribution < -0.4 is 15.7 Å². The van der Waals surface area contributed by atoms with Crippen LogP contribution >= 0.6 is 0 Å². The van der Waals surface area contributed by atoms with Crippen LogP contribution in [0.1, 0.15) is 11.1 Å². The van der Waals surface area contributed by atoms with Gasteiger partial charge in [-0.05, 0) is 36.2 Å². The van der Waals surface area contributed by atoms with Crippen molar-refractivity contribution < 1.29 is 4.40 Å². The van der Waals surface area contributed by atoms with E-state index in [1.807, 2.05) is 12.1 Å². The van der Waals surface area contributed by atoms with Crippen molar-refractivity contribution in [2.24, 2.45) is 23.1 Å². The van der Waals surface area contributed by atoms with Gasteiger partial charge in [-0.15, -0.1) is 0 Å². The molecule has 0 spiro atoms. The molecule has 3 aromatic rings. The molecule has 23 heavy (non-hydrogen) atoms. The molecule has 2 aromatic heterocycles. The highest BCUT2D eigenvalue weighted by molar-refractivity contribution is 5.81. The third kappa shape index (κ3) is 3.06. The van der Waals surface area contributed by atoms with E-state index >= 15 is 0 Å². The van der Waals surface area contributed by atoms with E-state index < -0.39 is 0 Å². The zero-order valence-corrected chi connectivity index (χ0v) is 13.1. The number of aryl methyl sites for hydroxylation is 2. The highest BCUT2D eigenvalue weighted by Crippen LogP contribution is 2.20. The summed E-state index contributed by atoms with van der Waals surface area (Å²) >= 11 is 0. The average Bonchev–Trinajstić information content (AvgIpc) is 2.88. The molecule has 3 rings (SSSR count). The maximum atomic E-state index is 4.98. The summed E-state index contributed by atoms with van der Waals surface area (Å²) in [6, 6.07) is 12.5. The molecule has 2 heterocycles. The van der Waals surface area contributed by atoms with Crippen LogP contribution in [0, 0.1) is 6.92 Å². The number of imidazole rings is 1. The zero-order chi connectivity index (χ0) is 16.2. The Labute approximate surface area is 134 Å². The molecule has 0 saturated heterocycles. The van der Waals surface area contributed by atoms with Gasteiger partial charge in [0, 0.05) is 11.6 Å². The molecule has 0 bridgehead atoms. The van der Waals surface area contributed by atoms with Gasteiger partial charge in [0.25, 0.3) is 5.65 Å². The minimum Gasteiger partial charge on any atom is -0.322 e. The zero-order valence-electron chi connectivity index (χ0n) is 13.1. The first-order valence-electron chi connectivity index (χ1n) is 7.27. The van der Waals surface area contributed by atoms with E-state index in [0.29, 0.717) is 0 Å². The van der Waals surface area contributed by atoms with Crippen LogP contribution in [0.2, 0.25) is 0 Å². The minimum absolute atomic E-state index is 0.994.